The SMILES string of the molecule is COc1ccc2nc(NCc3ccc(F)c(F)c3)sc2c1. The summed E-state index contributed by atoms with van der Waals surface area (Å²) in [6.07, 6.45) is 0. The largest absolute Gasteiger partial charge is 0.497 e. The molecule has 3 aromatic rings. The molecule has 0 fully saturated rings. The van der Waals surface area contributed by atoms with Gasteiger partial charge in [-0.25, -0.2) is 13.8 Å². The molecule has 0 aliphatic heterocycles. The number of methoxy groups -OCH3 is 1. The lowest BCUT2D eigenvalue weighted by Crippen LogP contribution is -1.99. The van der Waals surface area contributed by atoms with E-state index in [1.165, 1.54) is 17.4 Å². The number of aromatic nitrogens is 1. The molecule has 3 rings (SSSR count). The molecule has 1 heterocycles. The van der Waals surface area contributed by atoms with Gasteiger partial charge in [0.2, 0.25) is 0 Å². The third kappa shape index (κ3) is 2.95. The first-order valence-electron chi connectivity index (χ1n) is 6.28. The fraction of sp³-hybridized carbons (Fsp3) is 0.133. The van der Waals surface area contributed by atoms with Gasteiger partial charge in [0, 0.05) is 6.54 Å². The van der Waals surface area contributed by atoms with Crippen LogP contribution in [0.2, 0.25) is 0 Å². The predicted octanol–water partition coefficient (Wildman–Crippen LogP) is 4.20. The average Bonchev–Trinajstić information content (AvgIpc) is 2.90. The molecule has 0 aliphatic carbocycles. The highest BCUT2D eigenvalue weighted by Gasteiger charge is 2.06. The fourth-order valence-electron chi connectivity index (χ4n) is 1.93. The highest BCUT2D eigenvalue weighted by molar-refractivity contribution is 7.22. The van der Waals surface area contributed by atoms with Crippen LogP contribution >= 0.6 is 11.3 Å². The van der Waals surface area contributed by atoms with Crippen LogP contribution in [-0.2, 0) is 6.54 Å². The van der Waals surface area contributed by atoms with Gasteiger partial charge in [-0.05, 0) is 35.9 Å². The van der Waals surface area contributed by atoms with E-state index in [0.717, 1.165) is 27.2 Å². The van der Waals surface area contributed by atoms with Crippen LogP contribution in [0.15, 0.2) is 36.4 Å². The Morgan fingerprint density at radius 1 is 1.14 bits per heavy atom. The van der Waals surface area contributed by atoms with Gasteiger partial charge in [-0.1, -0.05) is 17.4 Å². The molecular formula is C15H12F2N2OS. The second-order valence-electron chi connectivity index (χ2n) is 4.45. The molecule has 108 valence electrons. The summed E-state index contributed by atoms with van der Waals surface area (Å²) in [6, 6.07) is 9.49. The lowest BCUT2D eigenvalue weighted by atomic mass is 10.2. The summed E-state index contributed by atoms with van der Waals surface area (Å²) < 4.78 is 32.1. The number of fused-ring (bicyclic) bond motifs is 1. The highest BCUT2D eigenvalue weighted by atomic mass is 32.1. The quantitative estimate of drug-likeness (QED) is 0.784. The minimum Gasteiger partial charge on any atom is -0.497 e. The topological polar surface area (TPSA) is 34.1 Å². The summed E-state index contributed by atoms with van der Waals surface area (Å²) in [6.45, 7) is 0.383. The average molecular weight is 306 g/mol. The van der Waals surface area contributed by atoms with Crippen LogP contribution in [0.4, 0.5) is 13.9 Å². The Morgan fingerprint density at radius 2 is 2.00 bits per heavy atom. The number of benzene rings is 2. The molecule has 3 nitrogen and oxygen atoms in total. The van der Waals surface area contributed by atoms with Crippen molar-refractivity contribution in [2.45, 2.75) is 6.54 Å². The van der Waals surface area contributed by atoms with Crippen LogP contribution in [0, 0.1) is 11.6 Å². The molecule has 21 heavy (non-hydrogen) atoms. The zero-order chi connectivity index (χ0) is 14.8. The summed E-state index contributed by atoms with van der Waals surface area (Å²) >= 11 is 1.48. The number of nitrogens with zero attached hydrogens (tertiary/aromatic N) is 1. The third-order valence-electron chi connectivity index (χ3n) is 3.02. The van der Waals surface area contributed by atoms with E-state index in [2.05, 4.69) is 10.3 Å². The number of nitrogens with one attached hydrogen (secondary N) is 1. The molecule has 0 atom stereocenters. The Morgan fingerprint density at radius 3 is 2.76 bits per heavy atom. The molecule has 0 spiro atoms. The van der Waals surface area contributed by atoms with Gasteiger partial charge in [0.15, 0.2) is 16.8 Å². The van der Waals surface area contributed by atoms with Gasteiger partial charge in [0.1, 0.15) is 5.75 Å². The van der Waals surface area contributed by atoms with Gasteiger partial charge in [-0.3, -0.25) is 0 Å². The number of hydrogen-bond acceptors (Lipinski definition) is 4. The third-order valence-corrected chi connectivity index (χ3v) is 4.00. The maximum atomic E-state index is 13.1. The monoisotopic (exact) mass is 306 g/mol. The van der Waals surface area contributed by atoms with Crippen LogP contribution in [0.5, 0.6) is 5.75 Å². The Labute approximate surface area is 124 Å². The molecule has 1 N–H and O–H groups in total. The second-order valence-corrected chi connectivity index (χ2v) is 5.49. The standard InChI is InChI=1S/C15H12F2N2OS/c1-20-10-3-5-13-14(7-10)21-15(19-13)18-8-9-2-4-11(16)12(17)6-9/h2-7H,8H2,1H3,(H,18,19). The van der Waals surface area contributed by atoms with Crippen molar-refractivity contribution in [3.63, 3.8) is 0 Å². The normalized spacial score (nSPS) is 10.8. The molecule has 1 aromatic heterocycles. The van der Waals surface area contributed by atoms with Crippen molar-refractivity contribution in [2.75, 3.05) is 12.4 Å². The van der Waals surface area contributed by atoms with E-state index < -0.39 is 11.6 Å². The van der Waals surface area contributed by atoms with Crippen molar-refractivity contribution in [3.8, 4) is 5.75 Å². The maximum Gasteiger partial charge on any atom is 0.184 e. The molecule has 0 radical (unpaired) electrons. The maximum absolute atomic E-state index is 13.1. The van der Waals surface area contributed by atoms with E-state index in [4.69, 9.17) is 4.74 Å². The number of rotatable bonds is 4. The lowest BCUT2D eigenvalue weighted by Gasteiger charge is -2.03. The minimum atomic E-state index is -0.844. The first-order chi connectivity index (χ1) is 10.2. The van der Waals surface area contributed by atoms with Crippen LogP contribution in [0.1, 0.15) is 5.56 Å². The number of hydrogen-bond donors (Lipinski definition) is 1. The van der Waals surface area contributed by atoms with Crippen LogP contribution in [-0.4, -0.2) is 12.1 Å². The molecule has 2 aromatic carbocycles. The molecule has 0 aliphatic rings. The van der Waals surface area contributed by atoms with Crippen molar-refractivity contribution in [2.24, 2.45) is 0 Å². The summed E-state index contributed by atoms with van der Waals surface area (Å²) in [7, 11) is 1.62. The Kier molecular flexibility index (Phi) is 3.70. The van der Waals surface area contributed by atoms with Gasteiger partial charge < -0.3 is 10.1 Å². The Hall–Kier alpha value is -2.21. The first-order valence-corrected chi connectivity index (χ1v) is 7.10. The molecule has 0 saturated heterocycles. The number of halogens is 2. The number of anilines is 1. The number of thiazole rings is 1. The van der Waals surface area contributed by atoms with E-state index in [1.54, 1.807) is 13.2 Å². The van der Waals surface area contributed by atoms with Crippen LogP contribution in [0.3, 0.4) is 0 Å². The highest BCUT2D eigenvalue weighted by Crippen LogP contribution is 2.29. The van der Waals surface area contributed by atoms with E-state index >= 15 is 0 Å². The molecule has 0 unspecified atom stereocenters. The smallest absolute Gasteiger partial charge is 0.184 e. The van der Waals surface area contributed by atoms with E-state index in [9.17, 15) is 8.78 Å². The van der Waals surface area contributed by atoms with Crippen LogP contribution < -0.4 is 10.1 Å². The minimum absolute atomic E-state index is 0.383. The molecule has 0 saturated carbocycles. The summed E-state index contributed by atoms with van der Waals surface area (Å²) in [5.74, 6) is -0.910. The van der Waals surface area contributed by atoms with Gasteiger partial charge in [-0.15, -0.1) is 0 Å². The van der Waals surface area contributed by atoms with Crippen molar-refractivity contribution in [1.82, 2.24) is 4.98 Å². The van der Waals surface area contributed by atoms with Gasteiger partial charge in [-0.2, -0.15) is 0 Å². The summed E-state index contributed by atoms with van der Waals surface area (Å²) in [5.41, 5.74) is 1.53. The van der Waals surface area contributed by atoms with Crippen molar-refractivity contribution < 1.29 is 13.5 Å². The Bertz CT molecular complexity index is 788. The zero-order valence-corrected chi connectivity index (χ0v) is 12.0. The van der Waals surface area contributed by atoms with E-state index in [-0.39, 0.29) is 0 Å². The summed E-state index contributed by atoms with van der Waals surface area (Å²) in [4.78, 5) is 4.43. The zero-order valence-electron chi connectivity index (χ0n) is 11.2. The van der Waals surface area contributed by atoms with Gasteiger partial charge >= 0.3 is 0 Å². The molecule has 0 amide bonds. The second kappa shape index (κ2) is 5.65. The van der Waals surface area contributed by atoms with Gasteiger partial charge in [0.25, 0.3) is 0 Å². The molecular weight excluding hydrogens is 294 g/mol. The Balaban J connectivity index is 1.76. The lowest BCUT2D eigenvalue weighted by molar-refractivity contribution is 0.415. The van der Waals surface area contributed by atoms with E-state index in [1.807, 2.05) is 18.2 Å². The predicted molar refractivity (Wildman–Crippen MR) is 79.9 cm³/mol. The van der Waals surface area contributed by atoms with E-state index in [0.29, 0.717) is 12.1 Å². The first kappa shape index (κ1) is 13.8. The molecule has 0 bridgehead atoms. The fourth-order valence-corrected chi connectivity index (χ4v) is 2.82. The van der Waals surface area contributed by atoms with Crippen LogP contribution in [0.25, 0.3) is 10.2 Å². The van der Waals surface area contributed by atoms with Crippen molar-refractivity contribution >= 4 is 26.7 Å². The van der Waals surface area contributed by atoms with Crippen molar-refractivity contribution in [3.05, 3.63) is 53.6 Å². The summed E-state index contributed by atoms with van der Waals surface area (Å²) in [5, 5.41) is 3.84. The molecule has 6 heteroatoms. The van der Waals surface area contributed by atoms with Gasteiger partial charge in [0.05, 0.1) is 17.3 Å². The number of ether oxygens (including phenoxy) is 1. The van der Waals surface area contributed by atoms with Crippen molar-refractivity contribution in [1.29, 1.82) is 0 Å².